The Kier molecular flexibility index (Phi) is 5.19. The molecule has 0 fully saturated rings. The molecule has 1 aromatic heterocycles. The molecule has 1 atom stereocenters. The molecule has 0 spiro atoms. The largest absolute Gasteiger partial charge is 0.474 e. The molecule has 0 amide bonds. The summed E-state index contributed by atoms with van der Waals surface area (Å²) in [5.41, 5.74) is 0.990. The van der Waals surface area contributed by atoms with Gasteiger partial charge in [0.05, 0.1) is 11.7 Å². The summed E-state index contributed by atoms with van der Waals surface area (Å²) in [6, 6.07) is 0. The summed E-state index contributed by atoms with van der Waals surface area (Å²) in [5, 5.41) is 3.25. The highest BCUT2D eigenvalue weighted by molar-refractivity contribution is 5.48. The van der Waals surface area contributed by atoms with Crippen LogP contribution in [0, 0.1) is 6.92 Å². The van der Waals surface area contributed by atoms with Crippen molar-refractivity contribution in [3.05, 3.63) is 11.4 Å². The average Bonchev–Trinajstić information content (AvgIpc) is 2.34. The molecular formula is C13H23N3O. The Bertz CT molecular complexity index is 366. The van der Waals surface area contributed by atoms with E-state index in [4.69, 9.17) is 4.74 Å². The van der Waals surface area contributed by atoms with Gasteiger partial charge >= 0.3 is 0 Å². The van der Waals surface area contributed by atoms with E-state index in [1.165, 1.54) is 0 Å². The van der Waals surface area contributed by atoms with Crippen molar-refractivity contribution in [2.24, 2.45) is 0 Å². The van der Waals surface area contributed by atoms with Crippen LogP contribution in [0.5, 0.6) is 5.88 Å². The van der Waals surface area contributed by atoms with Crippen LogP contribution in [0.25, 0.3) is 0 Å². The summed E-state index contributed by atoms with van der Waals surface area (Å²) in [5.74, 6) is 2.42. The number of nitrogens with zero attached hydrogens (tertiary/aromatic N) is 2. The third kappa shape index (κ3) is 3.58. The van der Waals surface area contributed by atoms with Crippen LogP contribution in [0.2, 0.25) is 0 Å². The highest BCUT2D eigenvalue weighted by Crippen LogP contribution is 2.23. The van der Waals surface area contributed by atoms with Crippen LogP contribution in [0.4, 0.5) is 5.82 Å². The van der Waals surface area contributed by atoms with Crippen LogP contribution in [0.15, 0.2) is 0 Å². The highest BCUT2D eigenvalue weighted by Gasteiger charge is 2.12. The molecule has 4 heteroatoms. The van der Waals surface area contributed by atoms with Crippen molar-refractivity contribution in [1.82, 2.24) is 9.97 Å². The SMILES string of the molecule is CCNc1nc(CC)nc(OC(C)CC)c1C. The van der Waals surface area contributed by atoms with Gasteiger partial charge in [-0.25, -0.2) is 4.98 Å². The Labute approximate surface area is 104 Å². The molecule has 4 nitrogen and oxygen atoms in total. The summed E-state index contributed by atoms with van der Waals surface area (Å²) in [7, 11) is 0. The molecule has 0 radical (unpaired) electrons. The van der Waals surface area contributed by atoms with Crippen molar-refractivity contribution in [2.45, 2.75) is 53.6 Å². The first kappa shape index (κ1) is 13.7. The van der Waals surface area contributed by atoms with Gasteiger partial charge < -0.3 is 10.1 Å². The molecule has 1 unspecified atom stereocenters. The second-order valence-electron chi connectivity index (χ2n) is 4.14. The predicted octanol–water partition coefficient (Wildman–Crippen LogP) is 2.96. The second-order valence-corrected chi connectivity index (χ2v) is 4.14. The summed E-state index contributed by atoms with van der Waals surface area (Å²) >= 11 is 0. The van der Waals surface area contributed by atoms with Crippen LogP contribution >= 0.6 is 0 Å². The lowest BCUT2D eigenvalue weighted by molar-refractivity contribution is 0.206. The number of nitrogens with one attached hydrogen (secondary N) is 1. The molecule has 1 aromatic rings. The van der Waals surface area contributed by atoms with Gasteiger partial charge in [-0.15, -0.1) is 0 Å². The van der Waals surface area contributed by atoms with Crippen molar-refractivity contribution in [1.29, 1.82) is 0 Å². The first-order valence-corrected chi connectivity index (χ1v) is 6.40. The van der Waals surface area contributed by atoms with Gasteiger partial charge in [0, 0.05) is 13.0 Å². The number of anilines is 1. The minimum atomic E-state index is 0.183. The van der Waals surface area contributed by atoms with Crippen molar-refractivity contribution in [3.8, 4) is 5.88 Å². The summed E-state index contributed by atoms with van der Waals surface area (Å²) in [6.07, 6.45) is 1.97. The van der Waals surface area contributed by atoms with Crippen LogP contribution in [-0.4, -0.2) is 22.6 Å². The fraction of sp³-hybridized carbons (Fsp3) is 0.692. The van der Waals surface area contributed by atoms with E-state index in [0.29, 0.717) is 5.88 Å². The predicted molar refractivity (Wildman–Crippen MR) is 70.7 cm³/mol. The van der Waals surface area contributed by atoms with Gasteiger partial charge in [-0.2, -0.15) is 4.98 Å². The second kappa shape index (κ2) is 6.42. The van der Waals surface area contributed by atoms with E-state index in [1.54, 1.807) is 0 Å². The van der Waals surface area contributed by atoms with Gasteiger partial charge in [0.2, 0.25) is 5.88 Å². The number of aryl methyl sites for hydroxylation is 1. The highest BCUT2D eigenvalue weighted by atomic mass is 16.5. The third-order valence-electron chi connectivity index (χ3n) is 2.70. The third-order valence-corrected chi connectivity index (χ3v) is 2.70. The van der Waals surface area contributed by atoms with Crippen LogP contribution < -0.4 is 10.1 Å². The topological polar surface area (TPSA) is 47.0 Å². The van der Waals surface area contributed by atoms with E-state index >= 15 is 0 Å². The molecule has 0 aliphatic rings. The maximum atomic E-state index is 5.83. The zero-order chi connectivity index (χ0) is 12.8. The van der Waals surface area contributed by atoms with E-state index in [0.717, 1.165) is 36.6 Å². The Balaban J connectivity index is 3.05. The van der Waals surface area contributed by atoms with E-state index in [1.807, 2.05) is 13.8 Å². The zero-order valence-electron chi connectivity index (χ0n) is 11.5. The summed E-state index contributed by atoms with van der Waals surface area (Å²) < 4.78 is 5.83. The van der Waals surface area contributed by atoms with E-state index in [2.05, 4.69) is 36.1 Å². The van der Waals surface area contributed by atoms with Crippen molar-refractivity contribution < 1.29 is 4.74 Å². The van der Waals surface area contributed by atoms with Crippen molar-refractivity contribution >= 4 is 5.82 Å². The molecule has 0 aromatic carbocycles. The molecular weight excluding hydrogens is 214 g/mol. The van der Waals surface area contributed by atoms with Crippen molar-refractivity contribution in [3.63, 3.8) is 0 Å². The maximum absolute atomic E-state index is 5.83. The number of hydrogen-bond donors (Lipinski definition) is 1. The lowest BCUT2D eigenvalue weighted by Gasteiger charge is -2.16. The van der Waals surface area contributed by atoms with Crippen LogP contribution in [0.1, 0.15) is 45.5 Å². The molecule has 0 saturated carbocycles. The molecule has 0 saturated heterocycles. The molecule has 0 aliphatic heterocycles. The first-order valence-electron chi connectivity index (χ1n) is 6.40. The van der Waals surface area contributed by atoms with Crippen LogP contribution in [-0.2, 0) is 6.42 Å². The minimum Gasteiger partial charge on any atom is -0.474 e. The quantitative estimate of drug-likeness (QED) is 0.826. The van der Waals surface area contributed by atoms with E-state index in [-0.39, 0.29) is 6.10 Å². The van der Waals surface area contributed by atoms with Gasteiger partial charge in [-0.05, 0) is 27.2 Å². The lowest BCUT2D eigenvalue weighted by Crippen LogP contribution is -2.14. The molecule has 1 N–H and O–H groups in total. The monoisotopic (exact) mass is 237 g/mol. The standard InChI is InChI=1S/C13H23N3O/c1-6-9(4)17-13-10(5)12(14-8-3)15-11(7-2)16-13/h9H,6-8H2,1-5H3,(H,14,15,16). The molecule has 1 heterocycles. The van der Waals surface area contributed by atoms with E-state index in [9.17, 15) is 0 Å². The first-order chi connectivity index (χ1) is 8.12. The van der Waals surface area contributed by atoms with Gasteiger partial charge in [0.25, 0.3) is 0 Å². The van der Waals surface area contributed by atoms with E-state index < -0.39 is 0 Å². The van der Waals surface area contributed by atoms with Gasteiger partial charge in [-0.3, -0.25) is 0 Å². The Morgan fingerprint density at radius 2 is 1.94 bits per heavy atom. The summed E-state index contributed by atoms with van der Waals surface area (Å²) in [4.78, 5) is 8.92. The fourth-order valence-electron chi connectivity index (χ4n) is 1.43. The van der Waals surface area contributed by atoms with Gasteiger partial charge in [0.1, 0.15) is 11.6 Å². The normalized spacial score (nSPS) is 12.3. The number of ether oxygens (including phenoxy) is 1. The fourth-order valence-corrected chi connectivity index (χ4v) is 1.43. The summed E-state index contributed by atoms with van der Waals surface area (Å²) in [6.45, 7) is 11.1. The zero-order valence-corrected chi connectivity index (χ0v) is 11.5. The number of rotatable bonds is 6. The smallest absolute Gasteiger partial charge is 0.222 e. The molecule has 0 bridgehead atoms. The minimum absolute atomic E-state index is 0.183. The molecule has 0 aliphatic carbocycles. The number of aromatic nitrogens is 2. The Morgan fingerprint density at radius 1 is 1.24 bits per heavy atom. The van der Waals surface area contributed by atoms with Crippen molar-refractivity contribution in [2.75, 3.05) is 11.9 Å². The molecule has 1 rings (SSSR count). The molecule has 17 heavy (non-hydrogen) atoms. The van der Waals surface area contributed by atoms with Gasteiger partial charge in [0.15, 0.2) is 0 Å². The Hall–Kier alpha value is -1.32. The number of hydrogen-bond acceptors (Lipinski definition) is 4. The lowest BCUT2D eigenvalue weighted by atomic mass is 10.3. The molecule has 96 valence electrons. The Morgan fingerprint density at radius 3 is 2.47 bits per heavy atom. The van der Waals surface area contributed by atoms with Crippen LogP contribution in [0.3, 0.4) is 0 Å². The maximum Gasteiger partial charge on any atom is 0.222 e. The average molecular weight is 237 g/mol. The van der Waals surface area contributed by atoms with Gasteiger partial charge in [-0.1, -0.05) is 13.8 Å².